The van der Waals surface area contributed by atoms with Crippen LogP contribution in [-0.2, 0) is 10.0 Å². The molecule has 0 atom stereocenters. The number of amides is 1. The highest BCUT2D eigenvalue weighted by molar-refractivity contribution is 7.92. The maximum atomic E-state index is 13.0. The van der Waals surface area contributed by atoms with E-state index in [1.165, 1.54) is 24.4 Å². The fraction of sp³-hybridized carbons (Fsp3) is 0. The number of hydrogen-bond acceptors (Lipinski definition) is 4. The Morgan fingerprint density at radius 1 is 1.07 bits per heavy atom. The van der Waals surface area contributed by atoms with Gasteiger partial charge in [-0.3, -0.25) is 14.5 Å². The lowest BCUT2D eigenvalue weighted by molar-refractivity contribution is 0.102. The molecular weight excluding hydrogens is 393 g/mol. The zero-order valence-electron chi connectivity index (χ0n) is 13.7. The molecule has 1 heterocycles. The lowest BCUT2D eigenvalue weighted by Crippen LogP contribution is -2.15. The molecule has 0 aliphatic heterocycles. The maximum Gasteiger partial charge on any atom is 0.261 e. The van der Waals surface area contributed by atoms with Crippen molar-refractivity contribution in [2.45, 2.75) is 4.90 Å². The number of anilines is 2. The first kappa shape index (κ1) is 18.8. The summed E-state index contributed by atoms with van der Waals surface area (Å²) in [7, 11) is -4.00. The van der Waals surface area contributed by atoms with Gasteiger partial charge in [0.1, 0.15) is 5.82 Å². The number of nitrogens with zero attached hydrogens (tertiary/aromatic N) is 1. The largest absolute Gasteiger partial charge is 0.321 e. The Kier molecular flexibility index (Phi) is 5.38. The molecule has 0 aliphatic carbocycles. The van der Waals surface area contributed by atoms with E-state index in [0.29, 0.717) is 5.69 Å². The summed E-state index contributed by atoms with van der Waals surface area (Å²) in [6, 6.07) is 11.8. The molecule has 2 aromatic carbocycles. The van der Waals surface area contributed by atoms with E-state index in [2.05, 4.69) is 15.0 Å². The smallest absolute Gasteiger partial charge is 0.261 e. The number of hydrogen-bond donors (Lipinski definition) is 2. The molecule has 9 heteroatoms. The minimum Gasteiger partial charge on any atom is -0.321 e. The third-order valence-electron chi connectivity index (χ3n) is 3.52. The number of sulfonamides is 1. The topological polar surface area (TPSA) is 88.2 Å². The molecule has 0 radical (unpaired) electrons. The maximum absolute atomic E-state index is 13.0. The van der Waals surface area contributed by atoms with Crippen LogP contribution < -0.4 is 10.0 Å². The van der Waals surface area contributed by atoms with Gasteiger partial charge in [0, 0.05) is 11.8 Å². The monoisotopic (exact) mass is 405 g/mol. The highest BCUT2D eigenvalue weighted by Crippen LogP contribution is 2.26. The van der Waals surface area contributed by atoms with E-state index < -0.39 is 21.7 Å². The van der Waals surface area contributed by atoms with E-state index in [1.807, 2.05) is 0 Å². The zero-order chi connectivity index (χ0) is 19.4. The number of rotatable bonds is 5. The van der Waals surface area contributed by atoms with E-state index in [-0.39, 0.29) is 21.2 Å². The van der Waals surface area contributed by atoms with E-state index >= 15 is 0 Å². The Hall–Kier alpha value is -2.97. The predicted molar refractivity (Wildman–Crippen MR) is 101 cm³/mol. The Balaban J connectivity index is 1.85. The van der Waals surface area contributed by atoms with Crippen molar-refractivity contribution < 1.29 is 17.6 Å². The Morgan fingerprint density at radius 2 is 1.81 bits per heavy atom. The number of aromatic nitrogens is 1. The van der Waals surface area contributed by atoms with Crippen LogP contribution >= 0.6 is 11.6 Å². The first-order valence-corrected chi connectivity index (χ1v) is 9.50. The molecule has 1 amide bonds. The van der Waals surface area contributed by atoms with Crippen LogP contribution in [0.25, 0.3) is 0 Å². The number of halogens is 2. The number of benzene rings is 2. The molecule has 3 aromatic rings. The Morgan fingerprint density at radius 3 is 2.48 bits per heavy atom. The van der Waals surface area contributed by atoms with Gasteiger partial charge in [-0.1, -0.05) is 11.6 Å². The quantitative estimate of drug-likeness (QED) is 0.673. The van der Waals surface area contributed by atoms with Gasteiger partial charge in [-0.15, -0.1) is 0 Å². The van der Waals surface area contributed by atoms with Crippen molar-refractivity contribution in [1.82, 2.24) is 4.98 Å². The Labute approximate surface area is 160 Å². The fourth-order valence-electron chi connectivity index (χ4n) is 2.20. The lowest BCUT2D eigenvalue weighted by atomic mass is 10.2. The second-order valence-electron chi connectivity index (χ2n) is 5.45. The van der Waals surface area contributed by atoms with Crippen molar-refractivity contribution in [1.29, 1.82) is 0 Å². The minimum absolute atomic E-state index is 0.0276. The third kappa shape index (κ3) is 4.60. The summed E-state index contributed by atoms with van der Waals surface area (Å²) in [5.41, 5.74) is 0.714. The number of pyridine rings is 1. The van der Waals surface area contributed by atoms with E-state index in [9.17, 15) is 17.6 Å². The molecular formula is C18H13ClFN3O3S. The summed E-state index contributed by atoms with van der Waals surface area (Å²) in [6.07, 6.45) is 3.05. The van der Waals surface area contributed by atoms with Gasteiger partial charge < -0.3 is 5.32 Å². The van der Waals surface area contributed by atoms with Gasteiger partial charge in [-0.05, 0) is 54.6 Å². The molecule has 1 aromatic heterocycles. The standard InChI is InChI=1S/C18H13ClFN3O3S/c19-16-8-3-12(18(24)22-14-2-1-9-21-11-14)10-17(16)23-27(25,26)15-6-4-13(20)5-7-15/h1-11,23H,(H,22,24). The molecule has 6 nitrogen and oxygen atoms in total. The van der Waals surface area contributed by atoms with Gasteiger partial charge >= 0.3 is 0 Å². The zero-order valence-corrected chi connectivity index (χ0v) is 15.3. The number of carbonyl (C=O) groups is 1. The molecule has 0 spiro atoms. The summed E-state index contributed by atoms with van der Waals surface area (Å²) in [4.78, 5) is 16.1. The normalized spacial score (nSPS) is 11.0. The van der Waals surface area contributed by atoms with Crippen molar-refractivity contribution in [3.05, 3.63) is 83.4 Å². The third-order valence-corrected chi connectivity index (χ3v) is 5.23. The summed E-state index contributed by atoms with van der Waals surface area (Å²) < 4.78 is 40.2. The highest BCUT2D eigenvalue weighted by atomic mass is 35.5. The summed E-state index contributed by atoms with van der Waals surface area (Å²) in [6.45, 7) is 0. The summed E-state index contributed by atoms with van der Waals surface area (Å²) in [5.74, 6) is -1.01. The van der Waals surface area contributed by atoms with Gasteiger partial charge in [-0.25, -0.2) is 12.8 Å². The van der Waals surface area contributed by atoms with Crippen LogP contribution in [0.1, 0.15) is 10.4 Å². The second kappa shape index (κ2) is 7.73. The van der Waals surface area contributed by atoms with Crippen LogP contribution in [0.5, 0.6) is 0 Å². The molecule has 0 saturated heterocycles. The fourth-order valence-corrected chi connectivity index (χ4v) is 3.49. The SMILES string of the molecule is O=C(Nc1cccnc1)c1ccc(Cl)c(NS(=O)(=O)c2ccc(F)cc2)c1. The van der Waals surface area contributed by atoms with Crippen LogP contribution in [-0.4, -0.2) is 19.3 Å². The molecule has 0 aliphatic rings. The highest BCUT2D eigenvalue weighted by Gasteiger charge is 2.17. The first-order chi connectivity index (χ1) is 12.8. The van der Waals surface area contributed by atoms with Gasteiger partial charge in [0.15, 0.2) is 0 Å². The first-order valence-electron chi connectivity index (χ1n) is 7.64. The Bertz CT molecular complexity index is 1070. The van der Waals surface area contributed by atoms with E-state index in [1.54, 1.807) is 18.3 Å². The average molecular weight is 406 g/mol. The van der Waals surface area contributed by atoms with Crippen LogP contribution in [0.3, 0.4) is 0 Å². The van der Waals surface area contributed by atoms with Gasteiger partial charge in [0.05, 0.1) is 27.5 Å². The van der Waals surface area contributed by atoms with Crippen molar-refractivity contribution in [3.8, 4) is 0 Å². The van der Waals surface area contributed by atoms with Crippen molar-refractivity contribution >= 4 is 38.9 Å². The van der Waals surface area contributed by atoms with Gasteiger partial charge in [-0.2, -0.15) is 0 Å². The molecule has 3 rings (SSSR count). The van der Waals surface area contributed by atoms with Crippen LogP contribution in [0, 0.1) is 5.82 Å². The van der Waals surface area contributed by atoms with Crippen LogP contribution in [0.4, 0.5) is 15.8 Å². The van der Waals surface area contributed by atoms with Crippen molar-refractivity contribution in [3.63, 3.8) is 0 Å². The number of nitrogens with one attached hydrogen (secondary N) is 2. The lowest BCUT2D eigenvalue weighted by Gasteiger charge is -2.11. The summed E-state index contributed by atoms with van der Waals surface area (Å²) >= 11 is 6.05. The van der Waals surface area contributed by atoms with Gasteiger partial charge in [0.2, 0.25) is 0 Å². The predicted octanol–water partition coefficient (Wildman–Crippen LogP) is 3.93. The van der Waals surface area contributed by atoms with E-state index in [0.717, 1.165) is 24.3 Å². The molecule has 0 saturated carbocycles. The minimum atomic E-state index is -4.00. The van der Waals surface area contributed by atoms with Crippen LogP contribution in [0.15, 0.2) is 71.9 Å². The molecule has 138 valence electrons. The molecule has 27 heavy (non-hydrogen) atoms. The summed E-state index contributed by atoms with van der Waals surface area (Å²) in [5, 5.41) is 2.75. The average Bonchev–Trinajstić information content (AvgIpc) is 2.64. The number of carbonyl (C=O) groups excluding carboxylic acids is 1. The van der Waals surface area contributed by atoms with Crippen LogP contribution in [0.2, 0.25) is 5.02 Å². The molecule has 0 unspecified atom stereocenters. The molecule has 2 N–H and O–H groups in total. The van der Waals surface area contributed by atoms with Gasteiger partial charge in [0.25, 0.3) is 15.9 Å². The van der Waals surface area contributed by atoms with Crippen molar-refractivity contribution in [2.75, 3.05) is 10.0 Å². The molecule has 0 bridgehead atoms. The second-order valence-corrected chi connectivity index (χ2v) is 7.54. The van der Waals surface area contributed by atoms with E-state index in [4.69, 9.17) is 11.6 Å². The van der Waals surface area contributed by atoms with Crippen molar-refractivity contribution in [2.24, 2.45) is 0 Å². The molecule has 0 fully saturated rings.